The maximum absolute atomic E-state index is 11.4. The van der Waals surface area contributed by atoms with Crippen molar-refractivity contribution < 1.29 is 14.1 Å². The number of nitrogens with zero attached hydrogens (tertiary/aromatic N) is 1. The molecule has 2 aromatic rings. The molecule has 0 fully saturated rings. The van der Waals surface area contributed by atoms with Gasteiger partial charge in [0.2, 0.25) is 0 Å². The van der Waals surface area contributed by atoms with Crippen molar-refractivity contribution in [2.45, 2.75) is 13.1 Å². The average molecular weight is 289 g/mol. The molecule has 21 heavy (non-hydrogen) atoms. The molecule has 0 saturated heterocycles. The minimum absolute atomic E-state index is 0.127. The van der Waals surface area contributed by atoms with Crippen molar-refractivity contribution in [3.05, 3.63) is 63.4 Å². The topological polar surface area (TPSA) is 97.4 Å². The zero-order chi connectivity index (χ0) is 15.2. The number of nitrogens with one attached hydrogen (secondary N) is 2. The number of rotatable bonds is 6. The van der Waals surface area contributed by atoms with Crippen LogP contribution in [0.25, 0.3) is 0 Å². The molecule has 1 aromatic heterocycles. The lowest BCUT2D eigenvalue weighted by molar-refractivity contribution is -0.402. The molecule has 1 aromatic carbocycles. The molecule has 110 valence electrons. The summed E-state index contributed by atoms with van der Waals surface area (Å²) in [4.78, 5) is 21.3. The molecule has 1 amide bonds. The van der Waals surface area contributed by atoms with Gasteiger partial charge in [-0.15, -0.1) is 0 Å². The van der Waals surface area contributed by atoms with Crippen LogP contribution >= 0.6 is 0 Å². The number of benzene rings is 1. The zero-order valence-corrected chi connectivity index (χ0v) is 11.5. The molecule has 0 aliphatic carbocycles. The van der Waals surface area contributed by atoms with E-state index in [1.165, 1.54) is 6.07 Å². The molecule has 1 heterocycles. The molecule has 0 radical (unpaired) electrons. The Kier molecular flexibility index (Phi) is 4.68. The van der Waals surface area contributed by atoms with Crippen molar-refractivity contribution in [1.29, 1.82) is 0 Å². The number of nitro groups is 1. The molecule has 0 aliphatic heterocycles. The smallest absolute Gasteiger partial charge is 0.404 e. The number of hydrogen-bond donors (Lipinski definition) is 2. The standard InChI is InChI=1S/C14H15N3O4/c1-15-14(18)11-4-2-10(3-5-11)8-16-9-12-6-7-13(21-12)17(19)20/h2-7,16H,8-9H2,1H3,(H,15,18). The van der Waals surface area contributed by atoms with Gasteiger partial charge in [-0.3, -0.25) is 14.9 Å². The quantitative estimate of drug-likeness (QED) is 0.624. The summed E-state index contributed by atoms with van der Waals surface area (Å²) in [5, 5.41) is 16.2. The van der Waals surface area contributed by atoms with E-state index in [-0.39, 0.29) is 11.8 Å². The first-order valence-electron chi connectivity index (χ1n) is 6.35. The monoisotopic (exact) mass is 289 g/mol. The zero-order valence-electron chi connectivity index (χ0n) is 11.5. The third kappa shape index (κ3) is 3.90. The van der Waals surface area contributed by atoms with Gasteiger partial charge in [0.25, 0.3) is 5.91 Å². The van der Waals surface area contributed by atoms with Gasteiger partial charge in [-0.1, -0.05) is 12.1 Å². The first-order chi connectivity index (χ1) is 10.1. The van der Waals surface area contributed by atoms with Crippen LogP contribution in [0.3, 0.4) is 0 Å². The molecule has 0 atom stereocenters. The first-order valence-corrected chi connectivity index (χ1v) is 6.35. The molecule has 0 unspecified atom stereocenters. The van der Waals surface area contributed by atoms with Crippen molar-refractivity contribution in [2.24, 2.45) is 0 Å². The van der Waals surface area contributed by atoms with Crippen LogP contribution in [0.1, 0.15) is 21.7 Å². The lowest BCUT2D eigenvalue weighted by Gasteiger charge is -2.04. The number of carbonyl (C=O) groups excluding carboxylic acids is 1. The van der Waals surface area contributed by atoms with Crippen LogP contribution in [0, 0.1) is 10.1 Å². The van der Waals surface area contributed by atoms with E-state index in [4.69, 9.17) is 4.42 Å². The predicted molar refractivity (Wildman–Crippen MR) is 75.7 cm³/mol. The Hall–Kier alpha value is -2.67. The molecule has 2 rings (SSSR count). The number of carbonyl (C=O) groups is 1. The minimum Gasteiger partial charge on any atom is -0.404 e. The summed E-state index contributed by atoms with van der Waals surface area (Å²) >= 11 is 0. The molecule has 7 nitrogen and oxygen atoms in total. The van der Waals surface area contributed by atoms with E-state index in [9.17, 15) is 14.9 Å². The largest absolute Gasteiger partial charge is 0.433 e. The molecule has 0 spiro atoms. The Morgan fingerprint density at radius 3 is 2.48 bits per heavy atom. The van der Waals surface area contributed by atoms with E-state index >= 15 is 0 Å². The molecule has 7 heteroatoms. The summed E-state index contributed by atoms with van der Waals surface area (Å²) in [6.07, 6.45) is 0. The van der Waals surface area contributed by atoms with Crippen LogP contribution in [0.15, 0.2) is 40.8 Å². The highest BCUT2D eigenvalue weighted by Gasteiger charge is 2.11. The van der Waals surface area contributed by atoms with E-state index in [1.54, 1.807) is 25.2 Å². The second-order valence-corrected chi connectivity index (χ2v) is 4.38. The Labute approximate surface area is 121 Å². The van der Waals surface area contributed by atoms with Gasteiger partial charge in [0.05, 0.1) is 12.6 Å². The fourth-order valence-electron chi connectivity index (χ4n) is 1.81. The molecular weight excluding hydrogens is 274 g/mol. The lowest BCUT2D eigenvalue weighted by atomic mass is 10.1. The predicted octanol–water partition coefficient (Wildman–Crippen LogP) is 1.84. The van der Waals surface area contributed by atoms with E-state index < -0.39 is 4.92 Å². The number of amides is 1. The van der Waals surface area contributed by atoms with Crippen LogP contribution in [0.2, 0.25) is 0 Å². The van der Waals surface area contributed by atoms with Crippen molar-refractivity contribution in [1.82, 2.24) is 10.6 Å². The van der Waals surface area contributed by atoms with E-state index in [2.05, 4.69) is 10.6 Å². The third-order valence-corrected chi connectivity index (χ3v) is 2.90. The van der Waals surface area contributed by atoms with Gasteiger partial charge in [-0.05, 0) is 23.8 Å². The van der Waals surface area contributed by atoms with Crippen molar-refractivity contribution in [3.63, 3.8) is 0 Å². The van der Waals surface area contributed by atoms with E-state index in [1.807, 2.05) is 12.1 Å². The highest BCUT2D eigenvalue weighted by atomic mass is 16.6. The van der Waals surface area contributed by atoms with Crippen LogP contribution in [-0.2, 0) is 13.1 Å². The second-order valence-electron chi connectivity index (χ2n) is 4.38. The van der Waals surface area contributed by atoms with E-state index in [0.29, 0.717) is 24.4 Å². The van der Waals surface area contributed by atoms with Gasteiger partial charge < -0.3 is 15.1 Å². The van der Waals surface area contributed by atoms with Gasteiger partial charge in [0.1, 0.15) is 10.7 Å². The van der Waals surface area contributed by atoms with Crippen LogP contribution in [0.5, 0.6) is 0 Å². The second kappa shape index (κ2) is 6.67. The molecule has 0 aliphatic rings. The summed E-state index contributed by atoms with van der Waals surface area (Å²) in [7, 11) is 1.58. The van der Waals surface area contributed by atoms with Gasteiger partial charge >= 0.3 is 5.88 Å². The summed E-state index contributed by atoms with van der Waals surface area (Å²) in [5.41, 5.74) is 1.60. The number of furan rings is 1. The van der Waals surface area contributed by atoms with Crippen LogP contribution < -0.4 is 10.6 Å². The summed E-state index contributed by atoms with van der Waals surface area (Å²) in [6.45, 7) is 0.966. The first kappa shape index (κ1) is 14.7. The molecular formula is C14H15N3O4. The van der Waals surface area contributed by atoms with Gasteiger partial charge in [0.15, 0.2) is 0 Å². The van der Waals surface area contributed by atoms with Crippen molar-refractivity contribution >= 4 is 11.8 Å². The SMILES string of the molecule is CNC(=O)c1ccc(CNCc2ccc([N+](=O)[O-])o2)cc1. The Balaban J connectivity index is 1.85. The summed E-state index contributed by atoms with van der Waals surface area (Å²) in [6, 6.07) is 10.1. The average Bonchev–Trinajstić information content (AvgIpc) is 2.96. The lowest BCUT2D eigenvalue weighted by Crippen LogP contribution is -2.18. The maximum Gasteiger partial charge on any atom is 0.433 e. The maximum atomic E-state index is 11.4. The van der Waals surface area contributed by atoms with Gasteiger partial charge in [-0.25, -0.2) is 0 Å². The highest BCUT2D eigenvalue weighted by Crippen LogP contribution is 2.15. The Bertz CT molecular complexity index is 634. The molecule has 2 N–H and O–H groups in total. The van der Waals surface area contributed by atoms with Gasteiger partial charge in [-0.2, -0.15) is 0 Å². The summed E-state index contributed by atoms with van der Waals surface area (Å²) in [5.74, 6) is 0.114. The summed E-state index contributed by atoms with van der Waals surface area (Å²) < 4.78 is 5.03. The Morgan fingerprint density at radius 2 is 1.90 bits per heavy atom. The fraction of sp³-hybridized carbons (Fsp3) is 0.214. The third-order valence-electron chi connectivity index (χ3n) is 2.90. The minimum atomic E-state index is -0.568. The van der Waals surface area contributed by atoms with Crippen molar-refractivity contribution in [3.8, 4) is 0 Å². The van der Waals surface area contributed by atoms with Gasteiger partial charge in [0, 0.05) is 19.2 Å². The van der Waals surface area contributed by atoms with Crippen LogP contribution in [0.4, 0.5) is 5.88 Å². The number of hydrogen-bond acceptors (Lipinski definition) is 5. The molecule has 0 saturated carbocycles. The fourth-order valence-corrected chi connectivity index (χ4v) is 1.81. The highest BCUT2D eigenvalue weighted by molar-refractivity contribution is 5.93. The Morgan fingerprint density at radius 1 is 1.19 bits per heavy atom. The normalized spacial score (nSPS) is 10.3. The van der Waals surface area contributed by atoms with Crippen LogP contribution in [-0.4, -0.2) is 17.9 Å². The van der Waals surface area contributed by atoms with Crippen molar-refractivity contribution in [2.75, 3.05) is 7.05 Å². The van der Waals surface area contributed by atoms with E-state index in [0.717, 1.165) is 5.56 Å². The molecule has 0 bridgehead atoms.